The van der Waals surface area contributed by atoms with Crippen LogP contribution in [0.4, 0.5) is 4.79 Å². The number of hydrogen-bond acceptors (Lipinski definition) is 3. The largest absolute Gasteiger partial charge is 0.452 e. The first-order chi connectivity index (χ1) is 8.45. The number of ether oxygens (including phenoxy) is 1. The molecule has 8 heteroatoms. The lowest BCUT2D eigenvalue weighted by molar-refractivity contribution is -0.121. The summed E-state index contributed by atoms with van der Waals surface area (Å²) in [5.41, 5.74) is 4.76. The summed E-state index contributed by atoms with van der Waals surface area (Å²) in [5, 5.41) is 0.814. The van der Waals surface area contributed by atoms with Gasteiger partial charge in [0.2, 0.25) is 0 Å². The maximum atomic E-state index is 11.7. The fraction of sp³-hybridized carbons (Fsp3) is 0.200. The molecule has 0 aliphatic heterocycles. The Kier molecular flexibility index (Phi) is 5.71. The predicted octanol–water partition coefficient (Wildman–Crippen LogP) is 2.82. The number of hydrazine groups is 1. The molecule has 1 aromatic rings. The third-order valence-corrected chi connectivity index (χ3v) is 3.41. The summed E-state index contributed by atoms with van der Waals surface area (Å²) < 4.78 is 4.30. The zero-order chi connectivity index (χ0) is 13.7. The summed E-state index contributed by atoms with van der Waals surface area (Å²) in [6.07, 6.45) is -0.773. The van der Waals surface area contributed by atoms with Gasteiger partial charge in [-0.2, -0.15) is 0 Å². The van der Waals surface area contributed by atoms with Crippen LogP contribution in [-0.4, -0.2) is 19.1 Å². The number of carbonyl (C=O) groups excluding carboxylic acids is 2. The Hall–Kier alpha value is -0.980. The van der Waals surface area contributed by atoms with Gasteiger partial charge < -0.3 is 4.74 Å². The van der Waals surface area contributed by atoms with E-state index in [1.807, 2.05) is 0 Å². The summed E-state index contributed by atoms with van der Waals surface area (Å²) in [5.74, 6) is -0.496. The molecule has 0 aliphatic carbocycles. The maximum absolute atomic E-state index is 11.7. The van der Waals surface area contributed by atoms with E-state index in [4.69, 9.17) is 23.2 Å². The van der Waals surface area contributed by atoms with Crippen molar-refractivity contribution in [3.05, 3.63) is 33.8 Å². The summed E-state index contributed by atoms with van der Waals surface area (Å²) >= 11 is 14.9. The van der Waals surface area contributed by atoms with Gasteiger partial charge in [-0.05, 0) is 17.7 Å². The second-order valence-corrected chi connectivity index (χ2v) is 4.89. The molecule has 1 unspecified atom stereocenters. The van der Waals surface area contributed by atoms with Gasteiger partial charge in [0.25, 0.3) is 5.91 Å². The SMILES string of the molecule is COC(=O)NNC(=O)C(Br)c1ccc(Cl)cc1Cl. The fourth-order valence-electron chi connectivity index (χ4n) is 1.08. The number of methoxy groups -OCH3 is 1. The van der Waals surface area contributed by atoms with Gasteiger partial charge >= 0.3 is 6.09 Å². The molecule has 0 fully saturated rings. The Morgan fingerprint density at radius 1 is 1.33 bits per heavy atom. The van der Waals surface area contributed by atoms with E-state index in [0.29, 0.717) is 15.6 Å². The number of carbonyl (C=O) groups is 2. The van der Waals surface area contributed by atoms with Crippen molar-refractivity contribution in [1.82, 2.24) is 10.9 Å². The van der Waals surface area contributed by atoms with Crippen LogP contribution in [0.3, 0.4) is 0 Å². The van der Waals surface area contributed by atoms with E-state index in [9.17, 15) is 9.59 Å². The fourth-order valence-corrected chi connectivity index (χ4v) is 2.24. The highest BCUT2D eigenvalue weighted by atomic mass is 79.9. The van der Waals surface area contributed by atoms with Gasteiger partial charge in [0.05, 0.1) is 7.11 Å². The van der Waals surface area contributed by atoms with Crippen LogP contribution in [0.5, 0.6) is 0 Å². The quantitative estimate of drug-likeness (QED) is 0.633. The monoisotopic (exact) mass is 354 g/mol. The van der Waals surface area contributed by atoms with Crippen molar-refractivity contribution in [3.8, 4) is 0 Å². The van der Waals surface area contributed by atoms with E-state index in [0.717, 1.165) is 0 Å². The Labute approximate surface area is 122 Å². The molecular weight excluding hydrogens is 347 g/mol. The van der Waals surface area contributed by atoms with Crippen LogP contribution < -0.4 is 10.9 Å². The second kappa shape index (κ2) is 6.82. The molecule has 1 atom stereocenters. The van der Waals surface area contributed by atoms with Crippen molar-refractivity contribution in [3.63, 3.8) is 0 Å². The molecule has 98 valence electrons. The van der Waals surface area contributed by atoms with E-state index >= 15 is 0 Å². The van der Waals surface area contributed by atoms with Crippen LogP contribution >= 0.6 is 39.1 Å². The van der Waals surface area contributed by atoms with Gasteiger partial charge in [0, 0.05) is 10.0 Å². The molecule has 0 radical (unpaired) electrons. The average molecular weight is 356 g/mol. The Balaban J connectivity index is 2.71. The maximum Gasteiger partial charge on any atom is 0.425 e. The van der Waals surface area contributed by atoms with E-state index in [1.165, 1.54) is 13.2 Å². The molecule has 2 N–H and O–H groups in total. The van der Waals surface area contributed by atoms with Crippen molar-refractivity contribution in [2.45, 2.75) is 4.83 Å². The first-order valence-corrected chi connectivity index (χ1v) is 6.35. The standard InChI is InChI=1S/C10H9BrCl2N2O3/c1-18-10(17)15-14-9(16)8(11)6-3-2-5(12)4-7(6)13/h2-4,8H,1H3,(H,14,16)(H,15,17). The van der Waals surface area contributed by atoms with Crippen molar-refractivity contribution >= 4 is 51.1 Å². The summed E-state index contributed by atoms with van der Waals surface area (Å²) in [6.45, 7) is 0. The minimum atomic E-state index is -0.773. The van der Waals surface area contributed by atoms with Crippen LogP contribution in [-0.2, 0) is 9.53 Å². The van der Waals surface area contributed by atoms with Gasteiger partial charge in [0.15, 0.2) is 0 Å². The first-order valence-electron chi connectivity index (χ1n) is 4.68. The lowest BCUT2D eigenvalue weighted by Crippen LogP contribution is -2.42. The molecule has 0 saturated carbocycles. The molecule has 2 amide bonds. The highest BCUT2D eigenvalue weighted by Crippen LogP contribution is 2.31. The third kappa shape index (κ3) is 4.04. The van der Waals surface area contributed by atoms with E-state index in [-0.39, 0.29) is 0 Å². The van der Waals surface area contributed by atoms with Crippen LogP contribution in [0.2, 0.25) is 10.0 Å². The van der Waals surface area contributed by atoms with Crippen molar-refractivity contribution in [2.75, 3.05) is 7.11 Å². The number of benzene rings is 1. The van der Waals surface area contributed by atoms with Gasteiger partial charge in [0.1, 0.15) is 4.83 Å². The highest BCUT2D eigenvalue weighted by molar-refractivity contribution is 9.09. The third-order valence-electron chi connectivity index (χ3n) is 1.94. The van der Waals surface area contributed by atoms with E-state index in [2.05, 4.69) is 31.5 Å². The zero-order valence-corrected chi connectivity index (χ0v) is 12.3. The molecule has 1 rings (SSSR count). The number of rotatable bonds is 2. The average Bonchev–Trinajstić information content (AvgIpc) is 2.34. The highest BCUT2D eigenvalue weighted by Gasteiger charge is 2.20. The zero-order valence-electron chi connectivity index (χ0n) is 9.17. The number of nitrogens with one attached hydrogen (secondary N) is 2. The number of alkyl halides is 1. The molecule has 0 heterocycles. The van der Waals surface area contributed by atoms with Crippen molar-refractivity contribution in [2.24, 2.45) is 0 Å². The molecule has 0 aromatic heterocycles. The summed E-state index contributed by atoms with van der Waals surface area (Å²) in [4.78, 5) is 21.7. The van der Waals surface area contributed by atoms with Gasteiger partial charge in [-0.1, -0.05) is 45.2 Å². The molecule has 18 heavy (non-hydrogen) atoms. The minimum Gasteiger partial charge on any atom is -0.452 e. The van der Waals surface area contributed by atoms with Crippen LogP contribution in [0, 0.1) is 0 Å². The van der Waals surface area contributed by atoms with Crippen molar-refractivity contribution < 1.29 is 14.3 Å². The molecule has 0 spiro atoms. The lowest BCUT2D eigenvalue weighted by Gasteiger charge is -2.12. The van der Waals surface area contributed by atoms with Gasteiger partial charge in [-0.15, -0.1) is 0 Å². The minimum absolute atomic E-state index is 0.345. The van der Waals surface area contributed by atoms with Crippen LogP contribution in [0.15, 0.2) is 18.2 Å². The second-order valence-electron chi connectivity index (χ2n) is 3.13. The smallest absolute Gasteiger partial charge is 0.425 e. The Bertz CT molecular complexity index is 470. The molecule has 0 aliphatic rings. The molecule has 0 bridgehead atoms. The first kappa shape index (κ1) is 15.1. The Morgan fingerprint density at radius 3 is 2.56 bits per heavy atom. The molecule has 1 aromatic carbocycles. The number of amides is 2. The number of halogens is 3. The summed E-state index contributed by atoms with van der Waals surface area (Å²) in [6, 6.07) is 4.74. The Morgan fingerprint density at radius 2 is 2.00 bits per heavy atom. The normalized spacial score (nSPS) is 11.6. The summed E-state index contributed by atoms with van der Waals surface area (Å²) in [7, 11) is 1.18. The van der Waals surface area contributed by atoms with Crippen molar-refractivity contribution in [1.29, 1.82) is 0 Å². The lowest BCUT2D eigenvalue weighted by atomic mass is 10.1. The van der Waals surface area contributed by atoms with Gasteiger partial charge in [-0.3, -0.25) is 10.2 Å². The molecule has 0 saturated heterocycles. The number of hydrogen-bond donors (Lipinski definition) is 2. The topological polar surface area (TPSA) is 67.4 Å². The van der Waals surface area contributed by atoms with Crippen LogP contribution in [0.25, 0.3) is 0 Å². The van der Waals surface area contributed by atoms with Crippen LogP contribution in [0.1, 0.15) is 10.4 Å². The molecule has 5 nitrogen and oxygen atoms in total. The van der Waals surface area contributed by atoms with E-state index < -0.39 is 16.8 Å². The van der Waals surface area contributed by atoms with Gasteiger partial charge in [-0.25, -0.2) is 10.2 Å². The molecular formula is C10H9BrCl2N2O3. The van der Waals surface area contributed by atoms with E-state index in [1.54, 1.807) is 12.1 Å². The predicted molar refractivity (Wildman–Crippen MR) is 71.8 cm³/mol.